The van der Waals surface area contributed by atoms with Gasteiger partial charge in [-0.25, -0.2) is 4.98 Å². The van der Waals surface area contributed by atoms with Gasteiger partial charge in [0, 0.05) is 31.0 Å². The van der Waals surface area contributed by atoms with Gasteiger partial charge in [-0.3, -0.25) is 0 Å². The standard InChI is InChI=1S/C13H20N4O2/c1-9-6-11(13(14)16-18)7-12(15-9)17-4-3-5-19-10(2)8-17/h6-7,10,18H,3-5,8H2,1-2H3,(H2,14,16). The third-order valence-electron chi connectivity index (χ3n) is 3.12. The monoisotopic (exact) mass is 264 g/mol. The lowest BCUT2D eigenvalue weighted by molar-refractivity contribution is 0.0820. The van der Waals surface area contributed by atoms with Gasteiger partial charge in [0.2, 0.25) is 0 Å². The van der Waals surface area contributed by atoms with E-state index in [0.29, 0.717) is 5.56 Å². The molecular weight excluding hydrogens is 244 g/mol. The van der Waals surface area contributed by atoms with Gasteiger partial charge < -0.3 is 20.6 Å². The quantitative estimate of drug-likeness (QED) is 0.362. The maximum Gasteiger partial charge on any atom is 0.170 e. The summed E-state index contributed by atoms with van der Waals surface area (Å²) in [5.74, 6) is 0.949. The lowest BCUT2D eigenvalue weighted by Gasteiger charge is -2.24. The minimum atomic E-state index is 0.103. The molecule has 0 aliphatic carbocycles. The number of nitrogens with zero attached hydrogens (tertiary/aromatic N) is 3. The number of pyridine rings is 1. The van der Waals surface area contributed by atoms with Crippen molar-refractivity contribution >= 4 is 11.7 Å². The van der Waals surface area contributed by atoms with Gasteiger partial charge in [0.15, 0.2) is 5.84 Å². The predicted molar refractivity (Wildman–Crippen MR) is 73.7 cm³/mol. The fraction of sp³-hybridized carbons (Fsp3) is 0.538. The van der Waals surface area contributed by atoms with Crippen molar-refractivity contribution in [3.63, 3.8) is 0 Å². The lowest BCUT2D eigenvalue weighted by Crippen LogP contribution is -2.31. The fourth-order valence-corrected chi connectivity index (χ4v) is 2.22. The molecule has 1 aliphatic rings. The Morgan fingerprint density at radius 1 is 1.58 bits per heavy atom. The largest absolute Gasteiger partial charge is 0.409 e. The zero-order valence-electron chi connectivity index (χ0n) is 11.3. The molecule has 1 aromatic heterocycles. The van der Waals surface area contributed by atoms with Gasteiger partial charge in [-0.2, -0.15) is 0 Å². The van der Waals surface area contributed by atoms with Crippen LogP contribution in [0.1, 0.15) is 24.6 Å². The number of aromatic nitrogens is 1. The number of rotatable bonds is 2. The van der Waals surface area contributed by atoms with Crippen LogP contribution in [0, 0.1) is 6.92 Å². The zero-order chi connectivity index (χ0) is 13.8. The lowest BCUT2D eigenvalue weighted by atomic mass is 10.2. The summed E-state index contributed by atoms with van der Waals surface area (Å²) in [5.41, 5.74) is 7.18. The van der Waals surface area contributed by atoms with Gasteiger partial charge in [0.1, 0.15) is 5.82 Å². The summed E-state index contributed by atoms with van der Waals surface area (Å²) in [6.45, 7) is 6.42. The van der Waals surface area contributed by atoms with Gasteiger partial charge in [-0.05, 0) is 32.4 Å². The second kappa shape index (κ2) is 5.88. The molecule has 1 atom stereocenters. The minimum absolute atomic E-state index is 0.103. The summed E-state index contributed by atoms with van der Waals surface area (Å²) in [4.78, 5) is 6.71. The Labute approximate surface area is 112 Å². The molecule has 6 heteroatoms. The maximum absolute atomic E-state index is 8.78. The molecular formula is C13H20N4O2. The first-order chi connectivity index (χ1) is 9.10. The molecule has 6 nitrogen and oxygen atoms in total. The Morgan fingerprint density at radius 3 is 3.11 bits per heavy atom. The summed E-state index contributed by atoms with van der Waals surface area (Å²) in [6.07, 6.45) is 1.15. The van der Waals surface area contributed by atoms with E-state index in [-0.39, 0.29) is 11.9 Å². The van der Waals surface area contributed by atoms with Crippen molar-refractivity contribution < 1.29 is 9.94 Å². The molecule has 19 heavy (non-hydrogen) atoms. The Bertz CT molecular complexity index is 476. The predicted octanol–water partition coefficient (Wildman–Crippen LogP) is 1.10. The molecule has 1 aromatic rings. The highest BCUT2D eigenvalue weighted by Crippen LogP contribution is 2.18. The van der Waals surface area contributed by atoms with Crippen molar-refractivity contribution in [3.8, 4) is 0 Å². The van der Waals surface area contributed by atoms with Gasteiger partial charge in [0.25, 0.3) is 0 Å². The third-order valence-corrected chi connectivity index (χ3v) is 3.12. The topological polar surface area (TPSA) is 84.0 Å². The van der Waals surface area contributed by atoms with E-state index in [1.807, 2.05) is 13.0 Å². The number of aryl methyl sites for hydroxylation is 1. The van der Waals surface area contributed by atoms with Crippen LogP contribution in [-0.4, -0.2) is 41.8 Å². The highest BCUT2D eigenvalue weighted by molar-refractivity contribution is 5.97. The second-order valence-corrected chi connectivity index (χ2v) is 4.82. The first-order valence-corrected chi connectivity index (χ1v) is 6.43. The van der Waals surface area contributed by atoms with Gasteiger partial charge in [0.05, 0.1) is 6.10 Å². The molecule has 3 N–H and O–H groups in total. The van der Waals surface area contributed by atoms with E-state index in [2.05, 4.69) is 22.0 Å². The zero-order valence-corrected chi connectivity index (χ0v) is 11.3. The molecule has 1 saturated heterocycles. The molecule has 0 saturated carbocycles. The van der Waals surface area contributed by atoms with E-state index >= 15 is 0 Å². The van der Waals surface area contributed by atoms with Crippen LogP contribution < -0.4 is 10.6 Å². The van der Waals surface area contributed by atoms with Crippen LogP contribution in [-0.2, 0) is 4.74 Å². The number of anilines is 1. The van der Waals surface area contributed by atoms with E-state index < -0.39 is 0 Å². The molecule has 2 heterocycles. The summed E-state index contributed by atoms with van der Waals surface area (Å²) in [7, 11) is 0. The number of hydrogen-bond donors (Lipinski definition) is 2. The maximum atomic E-state index is 8.78. The number of oxime groups is 1. The van der Waals surface area contributed by atoms with Crippen molar-refractivity contribution in [1.82, 2.24) is 4.98 Å². The van der Waals surface area contributed by atoms with Crippen molar-refractivity contribution in [2.75, 3.05) is 24.6 Å². The van der Waals surface area contributed by atoms with E-state index in [9.17, 15) is 0 Å². The SMILES string of the molecule is Cc1cc(/C(N)=N/O)cc(N2CCCOC(C)C2)n1. The van der Waals surface area contributed by atoms with Crippen LogP contribution in [0.4, 0.5) is 5.82 Å². The fourth-order valence-electron chi connectivity index (χ4n) is 2.22. The van der Waals surface area contributed by atoms with Crippen LogP contribution in [0.5, 0.6) is 0 Å². The van der Waals surface area contributed by atoms with E-state index in [1.54, 1.807) is 6.07 Å². The van der Waals surface area contributed by atoms with Crippen LogP contribution in [0.15, 0.2) is 17.3 Å². The first kappa shape index (κ1) is 13.6. The van der Waals surface area contributed by atoms with E-state index in [4.69, 9.17) is 15.7 Å². The van der Waals surface area contributed by atoms with Crippen LogP contribution in [0.25, 0.3) is 0 Å². The van der Waals surface area contributed by atoms with Gasteiger partial charge in [-0.1, -0.05) is 5.16 Å². The average molecular weight is 264 g/mol. The van der Waals surface area contributed by atoms with Crippen molar-refractivity contribution in [3.05, 3.63) is 23.4 Å². The molecule has 1 aliphatic heterocycles. The number of hydrogen-bond acceptors (Lipinski definition) is 5. The van der Waals surface area contributed by atoms with Gasteiger partial charge >= 0.3 is 0 Å². The number of nitrogens with two attached hydrogens (primary N) is 1. The summed E-state index contributed by atoms with van der Waals surface area (Å²) >= 11 is 0. The smallest absolute Gasteiger partial charge is 0.170 e. The third kappa shape index (κ3) is 3.35. The van der Waals surface area contributed by atoms with Crippen molar-refractivity contribution in [2.24, 2.45) is 10.9 Å². The van der Waals surface area contributed by atoms with Crippen molar-refractivity contribution in [2.45, 2.75) is 26.4 Å². The average Bonchev–Trinajstić information content (AvgIpc) is 2.61. The second-order valence-electron chi connectivity index (χ2n) is 4.82. The minimum Gasteiger partial charge on any atom is -0.409 e. The van der Waals surface area contributed by atoms with Crippen LogP contribution in [0.3, 0.4) is 0 Å². The first-order valence-electron chi connectivity index (χ1n) is 6.43. The highest BCUT2D eigenvalue weighted by Gasteiger charge is 2.17. The van der Waals surface area contributed by atoms with Crippen LogP contribution in [0.2, 0.25) is 0 Å². The normalized spacial score (nSPS) is 21.3. The molecule has 1 unspecified atom stereocenters. The Hall–Kier alpha value is -1.82. The summed E-state index contributed by atoms with van der Waals surface area (Å²) < 4.78 is 5.63. The molecule has 0 aromatic carbocycles. The highest BCUT2D eigenvalue weighted by atomic mass is 16.5. The molecule has 1 fully saturated rings. The Kier molecular flexibility index (Phi) is 4.21. The summed E-state index contributed by atoms with van der Waals surface area (Å²) in [5, 5.41) is 11.8. The van der Waals surface area contributed by atoms with Crippen LogP contribution >= 0.6 is 0 Å². The molecule has 2 rings (SSSR count). The van der Waals surface area contributed by atoms with E-state index in [1.165, 1.54) is 0 Å². The molecule has 0 amide bonds. The summed E-state index contributed by atoms with van der Waals surface area (Å²) in [6, 6.07) is 3.65. The Morgan fingerprint density at radius 2 is 2.37 bits per heavy atom. The molecule has 0 spiro atoms. The Balaban J connectivity index is 2.30. The molecule has 0 radical (unpaired) electrons. The van der Waals surface area contributed by atoms with Gasteiger partial charge in [-0.15, -0.1) is 0 Å². The van der Waals surface area contributed by atoms with Crippen molar-refractivity contribution in [1.29, 1.82) is 0 Å². The number of amidine groups is 1. The molecule has 104 valence electrons. The van der Waals surface area contributed by atoms with E-state index in [0.717, 1.165) is 37.6 Å². The molecule has 0 bridgehead atoms. The number of ether oxygens (including phenoxy) is 1.